The van der Waals surface area contributed by atoms with Crippen molar-refractivity contribution in [3.05, 3.63) is 11.1 Å². The van der Waals surface area contributed by atoms with Crippen LogP contribution in [0.3, 0.4) is 0 Å². The van der Waals surface area contributed by atoms with Gasteiger partial charge in [0.2, 0.25) is 0 Å². The van der Waals surface area contributed by atoms with Gasteiger partial charge in [0.05, 0.1) is 6.10 Å². The first kappa shape index (κ1) is 9.61. The molecular weight excluding hydrogens is 172 g/mol. The van der Waals surface area contributed by atoms with Crippen LogP contribution in [0.1, 0.15) is 38.5 Å². The third-order valence-corrected chi connectivity index (χ3v) is 2.26. The monoisotopic (exact) mass is 186 g/mol. The number of aliphatic hydroxyl groups excluding tert-OH is 1. The smallest absolute Gasteiger partial charge is 0.104 e. The molecule has 0 fully saturated rings. The van der Waals surface area contributed by atoms with Crippen LogP contribution in [0, 0.1) is 5.92 Å². The Kier molecular flexibility index (Phi) is 3.62. The fraction of sp³-hybridized carbons (Fsp3) is 0.750. The van der Waals surface area contributed by atoms with E-state index in [1.54, 1.807) is 5.38 Å². The van der Waals surface area contributed by atoms with Gasteiger partial charge in [-0.2, -0.15) is 0 Å². The van der Waals surface area contributed by atoms with Crippen LogP contribution in [0.5, 0.6) is 0 Å². The summed E-state index contributed by atoms with van der Waals surface area (Å²) in [5.74, 6) is 0.631. The van der Waals surface area contributed by atoms with Crippen molar-refractivity contribution in [1.29, 1.82) is 0 Å². The van der Waals surface area contributed by atoms with E-state index in [1.807, 2.05) is 0 Å². The predicted octanol–water partition coefficient (Wildman–Crippen LogP) is 2.01. The van der Waals surface area contributed by atoms with Crippen LogP contribution in [0.2, 0.25) is 0 Å². The summed E-state index contributed by atoms with van der Waals surface area (Å²) >= 11 is 1.28. The Hall–Kier alpha value is -0.480. The second-order valence-electron chi connectivity index (χ2n) is 3.32. The zero-order valence-electron chi connectivity index (χ0n) is 7.40. The van der Waals surface area contributed by atoms with Gasteiger partial charge in [-0.3, -0.25) is 0 Å². The van der Waals surface area contributed by atoms with Gasteiger partial charge in [0.15, 0.2) is 0 Å². The predicted molar refractivity (Wildman–Crippen MR) is 48.9 cm³/mol. The summed E-state index contributed by atoms with van der Waals surface area (Å²) in [5, 5.41) is 15.2. The van der Waals surface area contributed by atoms with Gasteiger partial charge in [0, 0.05) is 5.38 Å². The van der Waals surface area contributed by atoms with Crippen LogP contribution in [-0.4, -0.2) is 14.7 Å². The van der Waals surface area contributed by atoms with Gasteiger partial charge in [-0.1, -0.05) is 18.3 Å². The molecule has 0 aromatic carbocycles. The van der Waals surface area contributed by atoms with Crippen LogP contribution >= 0.6 is 11.5 Å². The van der Waals surface area contributed by atoms with Crippen molar-refractivity contribution in [3.63, 3.8) is 0 Å². The van der Waals surface area contributed by atoms with Crippen LogP contribution < -0.4 is 0 Å². The summed E-state index contributed by atoms with van der Waals surface area (Å²) in [6.45, 7) is 4.29. The Morgan fingerprint density at radius 1 is 1.50 bits per heavy atom. The van der Waals surface area contributed by atoms with E-state index in [4.69, 9.17) is 0 Å². The molecule has 0 bridgehead atoms. The molecule has 1 aromatic rings. The number of nitrogens with zero attached hydrogens (tertiary/aromatic N) is 2. The molecule has 0 aliphatic rings. The van der Waals surface area contributed by atoms with Crippen molar-refractivity contribution in [2.24, 2.45) is 5.92 Å². The third kappa shape index (κ3) is 2.87. The van der Waals surface area contributed by atoms with Crippen molar-refractivity contribution in [2.45, 2.75) is 32.8 Å². The fourth-order valence-corrected chi connectivity index (χ4v) is 1.46. The van der Waals surface area contributed by atoms with E-state index >= 15 is 0 Å². The van der Waals surface area contributed by atoms with Crippen molar-refractivity contribution < 1.29 is 5.11 Å². The molecular formula is C8H14N2OS. The number of hydrogen-bond donors (Lipinski definition) is 1. The molecule has 0 saturated carbocycles. The molecule has 12 heavy (non-hydrogen) atoms. The normalized spacial score (nSPS) is 13.7. The largest absolute Gasteiger partial charge is 0.387 e. The number of rotatable bonds is 4. The Labute approximate surface area is 76.6 Å². The van der Waals surface area contributed by atoms with E-state index in [-0.39, 0.29) is 0 Å². The van der Waals surface area contributed by atoms with Gasteiger partial charge in [-0.15, -0.1) is 5.10 Å². The van der Waals surface area contributed by atoms with Crippen LogP contribution in [0.25, 0.3) is 0 Å². The van der Waals surface area contributed by atoms with Crippen molar-refractivity contribution in [3.8, 4) is 0 Å². The topological polar surface area (TPSA) is 46.0 Å². The highest BCUT2D eigenvalue weighted by molar-refractivity contribution is 7.03. The molecule has 1 N–H and O–H groups in total. The third-order valence-electron chi connectivity index (χ3n) is 1.74. The van der Waals surface area contributed by atoms with E-state index in [2.05, 4.69) is 23.4 Å². The molecule has 4 heteroatoms. The number of aliphatic hydroxyl groups is 1. The summed E-state index contributed by atoms with van der Waals surface area (Å²) in [6.07, 6.45) is 1.38. The van der Waals surface area contributed by atoms with Crippen molar-refractivity contribution in [1.82, 2.24) is 9.59 Å². The molecule has 0 amide bonds. The van der Waals surface area contributed by atoms with E-state index in [0.717, 1.165) is 12.8 Å². The quantitative estimate of drug-likeness (QED) is 0.782. The molecule has 0 spiro atoms. The summed E-state index contributed by atoms with van der Waals surface area (Å²) in [6, 6.07) is 0. The molecule has 3 nitrogen and oxygen atoms in total. The standard InChI is InChI=1S/C8H14N2OS/c1-6(2)3-4-8(11)7-5-12-10-9-7/h5-6,8,11H,3-4H2,1-2H3. The second-order valence-corrected chi connectivity index (χ2v) is 3.93. The SMILES string of the molecule is CC(C)CCC(O)c1csnn1. The molecule has 0 aliphatic heterocycles. The Morgan fingerprint density at radius 3 is 2.75 bits per heavy atom. The minimum Gasteiger partial charge on any atom is -0.387 e. The lowest BCUT2D eigenvalue weighted by atomic mass is 10.0. The fourth-order valence-electron chi connectivity index (χ4n) is 0.956. The summed E-state index contributed by atoms with van der Waals surface area (Å²) in [7, 11) is 0. The zero-order chi connectivity index (χ0) is 8.97. The van der Waals surface area contributed by atoms with Gasteiger partial charge in [-0.05, 0) is 30.3 Å². The molecule has 0 saturated heterocycles. The Bertz CT molecular complexity index is 211. The lowest BCUT2D eigenvalue weighted by Gasteiger charge is -2.08. The highest BCUT2D eigenvalue weighted by Gasteiger charge is 2.10. The van der Waals surface area contributed by atoms with Gasteiger partial charge in [-0.25, -0.2) is 0 Å². The number of hydrogen-bond acceptors (Lipinski definition) is 4. The van der Waals surface area contributed by atoms with E-state index in [0.29, 0.717) is 11.6 Å². The lowest BCUT2D eigenvalue weighted by molar-refractivity contribution is 0.154. The van der Waals surface area contributed by atoms with Crippen LogP contribution in [0.15, 0.2) is 5.38 Å². The maximum atomic E-state index is 9.56. The molecule has 68 valence electrons. The molecule has 0 aliphatic carbocycles. The maximum absolute atomic E-state index is 9.56. The Morgan fingerprint density at radius 2 is 2.25 bits per heavy atom. The average Bonchev–Trinajstić information content (AvgIpc) is 2.51. The highest BCUT2D eigenvalue weighted by Crippen LogP contribution is 2.19. The first-order chi connectivity index (χ1) is 5.70. The Balaban J connectivity index is 2.34. The summed E-state index contributed by atoms with van der Waals surface area (Å²) in [4.78, 5) is 0. The first-order valence-electron chi connectivity index (χ1n) is 4.15. The average molecular weight is 186 g/mol. The van der Waals surface area contributed by atoms with Crippen molar-refractivity contribution >= 4 is 11.5 Å². The van der Waals surface area contributed by atoms with Crippen LogP contribution in [-0.2, 0) is 0 Å². The lowest BCUT2D eigenvalue weighted by Crippen LogP contribution is -2.00. The molecule has 0 radical (unpaired) electrons. The zero-order valence-corrected chi connectivity index (χ0v) is 8.21. The molecule has 1 atom stereocenters. The minimum atomic E-state index is -0.425. The number of aromatic nitrogens is 2. The second kappa shape index (κ2) is 4.52. The van der Waals surface area contributed by atoms with Crippen molar-refractivity contribution in [2.75, 3.05) is 0 Å². The van der Waals surface area contributed by atoms with E-state index in [9.17, 15) is 5.11 Å². The minimum absolute atomic E-state index is 0.425. The van der Waals surface area contributed by atoms with Gasteiger partial charge >= 0.3 is 0 Å². The summed E-state index contributed by atoms with van der Waals surface area (Å²) in [5.41, 5.74) is 0.709. The molecule has 1 unspecified atom stereocenters. The molecule has 1 aromatic heterocycles. The molecule has 1 rings (SSSR count). The van der Waals surface area contributed by atoms with E-state index < -0.39 is 6.10 Å². The van der Waals surface area contributed by atoms with Gasteiger partial charge in [0.1, 0.15) is 5.69 Å². The van der Waals surface area contributed by atoms with Gasteiger partial charge < -0.3 is 5.11 Å². The van der Waals surface area contributed by atoms with E-state index in [1.165, 1.54) is 11.5 Å². The summed E-state index contributed by atoms with van der Waals surface area (Å²) < 4.78 is 3.70. The van der Waals surface area contributed by atoms with Crippen LogP contribution in [0.4, 0.5) is 0 Å². The highest BCUT2D eigenvalue weighted by atomic mass is 32.1. The molecule has 1 heterocycles. The van der Waals surface area contributed by atoms with Gasteiger partial charge in [0.25, 0.3) is 0 Å². The maximum Gasteiger partial charge on any atom is 0.104 e. The first-order valence-corrected chi connectivity index (χ1v) is 4.99.